The number of carbonyl (C=O) groups excluding carboxylic acids is 2. The second-order valence-corrected chi connectivity index (χ2v) is 7.29. The average Bonchev–Trinajstić information content (AvgIpc) is 3.17. The molecule has 0 atom stereocenters. The fourth-order valence-corrected chi connectivity index (χ4v) is 3.83. The van der Waals surface area contributed by atoms with Crippen molar-refractivity contribution < 1.29 is 19.1 Å². The van der Waals surface area contributed by atoms with Gasteiger partial charge in [-0.1, -0.05) is 6.07 Å². The number of H-pyrrole nitrogens is 1. The highest BCUT2D eigenvalue weighted by atomic mass is 16.5. The van der Waals surface area contributed by atoms with E-state index in [4.69, 9.17) is 9.47 Å². The average molecular weight is 461 g/mol. The Kier molecular flexibility index (Phi) is 5.46. The number of hydrogen-bond donors (Lipinski definition) is 1. The van der Waals surface area contributed by atoms with Gasteiger partial charge in [0, 0.05) is 19.4 Å². The minimum Gasteiger partial charge on any atom is -0.493 e. The molecule has 34 heavy (non-hydrogen) atoms. The number of rotatable bonds is 4. The number of aromatic nitrogens is 5. The number of imide groups is 1. The summed E-state index contributed by atoms with van der Waals surface area (Å²) in [6.07, 6.45) is 0. The van der Waals surface area contributed by atoms with Crippen LogP contribution in [0.25, 0.3) is 27.9 Å². The number of benzene rings is 1. The number of ether oxygens (including phenoxy) is 2. The van der Waals surface area contributed by atoms with Crippen LogP contribution in [0.1, 0.15) is 25.2 Å². The molecule has 4 aromatic rings. The van der Waals surface area contributed by atoms with Crippen LogP contribution in [0.3, 0.4) is 0 Å². The summed E-state index contributed by atoms with van der Waals surface area (Å²) in [6, 6.07) is 6.84. The SMILES string of the molecule is COc1ccc(-c2c(C#N)c(N(C(C)=O)C(C)=O)nc3nc4[nH]nc(C)n4c(=O)c23)cc1OC. The monoisotopic (exact) mass is 461 g/mol. The van der Waals surface area contributed by atoms with Crippen LogP contribution in [0.4, 0.5) is 5.82 Å². The van der Waals surface area contributed by atoms with Crippen molar-refractivity contribution in [3.63, 3.8) is 0 Å². The van der Waals surface area contributed by atoms with E-state index in [-0.39, 0.29) is 33.8 Å². The second kappa shape index (κ2) is 8.28. The number of nitrogens with zero attached hydrogens (tertiary/aromatic N) is 6. The van der Waals surface area contributed by atoms with Crippen LogP contribution in [0, 0.1) is 18.3 Å². The van der Waals surface area contributed by atoms with E-state index in [0.29, 0.717) is 22.9 Å². The molecule has 0 spiro atoms. The summed E-state index contributed by atoms with van der Waals surface area (Å²) in [7, 11) is 2.93. The smallest absolute Gasteiger partial charge is 0.270 e. The first kappa shape index (κ1) is 22.4. The second-order valence-electron chi connectivity index (χ2n) is 7.29. The standard InChI is InChI=1S/C22H19N7O5/c1-10-26-27-22-25-19-18(21(32)28(10)22)17(13-6-7-15(33-4)16(8-13)34-5)14(9-23)20(24-19)29(11(2)30)12(3)31/h6-8H,1-5H3,(H,24,25,27). The minimum atomic E-state index is -0.649. The van der Waals surface area contributed by atoms with Gasteiger partial charge in [-0.15, -0.1) is 0 Å². The molecular weight excluding hydrogens is 442 g/mol. The predicted molar refractivity (Wildman–Crippen MR) is 121 cm³/mol. The van der Waals surface area contributed by atoms with E-state index in [2.05, 4.69) is 20.2 Å². The van der Waals surface area contributed by atoms with Crippen LogP contribution in [-0.4, -0.2) is 50.6 Å². The van der Waals surface area contributed by atoms with Crippen LogP contribution >= 0.6 is 0 Å². The molecule has 0 fully saturated rings. The van der Waals surface area contributed by atoms with Crippen molar-refractivity contribution in [2.24, 2.45) is 0 Å². The molecule has 3 heterocycles. The van der Waals surface area contributed by atoms with Gasteiger partial charge in [-0.2, -0.15) is 15.3 Å². The third kappa shape index (κ3) is 3.30. The number of fused-ring (bicyclic) bond motifs is 2. The summed E-state index contributed by atoms with van der Waals surface area (Å²) in [6.45, 7) is 3.97. The molecule has 0 unspecified atom stereocenters. The maximum atomic E-state index is 13.6. The molecule has 172 valence electrons. The van der Waals surface area contributed by atoms with Crippen molar-refractivity contribution in [2.75, 3.05) is 19.1 Å². The van der Waals surface area contributed by atoms with Gasteiger partial charge in [0.05, 0.1) is 19.6 Å². The number of nitrogens with one attached hydrogen (secondary N) is 1. The van der Waals surface area contributed by atoms with Gasteiger partial charge >= 0.3 is 0 Å². The molecule has 1 aromatic carbocycles. The molecule has 3 aromatic heterocycles. The fraction of sp³-hybridized carbons (Fsp3) is 0.227. The molecule has 1 N–H and O–H groups in total. The lowest BCUT2D eigenvalue weighted by atomic mass is 9.97. The lowest BCUT2D eigenvalue weighted by Gasteiger charge is -2.20. The molecule has 0 bridgehead atoms. The van der Waals surface area contributed by atoms with Gasteiger partial charge in [0.15, 0.2) is 23.0 Å². The van der Waals surface area contributed by atoms with Crippen molar-refractivity contribution >= 4 is 34.4 Å². The van der Waals surface area contributed by atoms with Crippen molar-refractivity contribution in [1.29, 1.82) is 5.26 Å². The highest BCUT2D eigenvalue weighted by Gasteiger charge is 2.29. The van der Waals surface area contributed by atoms with Crippen LogP contribution in [0.5, 0.6) is 11.5 Å². The van der Waals surface area contributed by atoms with E-state index in [0.717, 1.165) is 4.90 Å². The maximum absolute atomic E-state index is 13.6. The number of pyridine rings is 1. The quantitative estimate of drug-likeness (QED) is 0.478. The van der Waals surface area contributed by atoms with Crippen LogP contribution in [0.15, 0.2) is 23.0 Å². The lowest BCUT2D eigenvalue weighted by molar-refractivity contribution is -0.124. The number of anilines is 1. The van der Waals surface area contributed by atoms with Crippen molar-refractivity contribution in [3.05, 3.63) is 39.9 Å². The van der Waals surface area contributed by atoms with E-state index in [1.54, 1.807) is 25.1 Å². The van der Waals surface area contributed by atoms with E-state index in [1.165, 1.54) is 32.5 Å². The molecule has 12 heteroatoms. The minimum absolute atomic E-state index is 0.0153. The van der Waals surface area contributed by atoms with Gasteiger partial charge in [-0.05, 0) is 24.6 Å². The molecule has 12 nitrogen and oxygen atoms in total. The lowest BCUT2D eigenvalue weighted by Crippen LogP contribution is -2.35. The summed E-state index contributed by atoms with van der Waals surface area (Å²) in [4.78, 5) is 47.7. The number of nitriles is 1. The van der Waals surface area contributed by atoms with Gasteiger partial charge in [0.1, 0.15) is 17.5 Å². The molecule has 0 saturated carbocycles. The Morgan fingerprint density at radius 1 is 1.12 bits per heavy atom. The Morgan fingerprint density at radius 2 is 1.79 bits per heavy atom. The highest BCUT2D eigenvalue weighted by molar-refractivity contribution is 6.15. The zero-order chi connectivity index (χ0) is 24.7. The molecule has 0 aliphatic heterocycles. The number of aryl methyl sites for hydroxylation is 1. The first-order chi connectivity index (χ1) is 16.2. The maximum Gasteiger partial charge on any atom is 0.270 e. The van der Waals surface area contributed by atoms with E-state index in [1.807, 2.05) is 6.07 Å². The van der Waals surface area contributed by atoms with Gasteiger partial charge in [0.25, 0.3) is 5.56 Å². The van der Waals surface area contributed by atoms with Gasteiger partial charge in [-0.3, -0.25) is 14.4 Å². The molecule has 4 rings (SSSR count). The number of amides is 2. The number of methoxy groups -OCH3 is 2. The third-order valence-electron chi connectivity index (χ3n) is 5.27. The van der Waals surface area contributed by atoms with Gasteiger partial charge in [0.2, 0.25) is 17.6 Å². The van der Waals surface area contributed by atoms with E-state index < -0.39 is 17.4 Å². The Bertz CT molecular complexity index is 1580. The Labute approximate surface area is 192 Å². The van der Waals surface area contributed by atoms with Gasteiger partial charge < -0.3 is 9.47 Å². The predicted octanol–water partition coefficient (Wildman–Crippen LogP) is 1.73. The largest absolute Gasteiger partial charge is 0.493 e. The van der Waals surface area contributed by atoms with E-state index >= 15 is 0 Å². The summed E-state index contributed by atoms with van der Waals surface area (Å²) in [5, 5.41) is 16.8. The topological polar surface area (TPSA) is 156 Å². The number of hydrogen-bond acceptors (Lipinski definition) is 9. The normalized spacial score (nSPS) is 10.8. The van der Waals surface area contributed by atoms with Crippen molar-refractivity contribution in [2.45, 2.75) is 20.8 Å². The first-order valence-electron chi connectivity index (χ1n) is 9.98. The van der Waals surface area contributed by atoms with Crippen molar-refractivity contribution in [3.8, 4) is 28.7 Å². The summed E-state index contributed by atoms with van der Waals surface area (Å²) < 4.78 is 11.9. The van der Waals surface area contributed by atoms with E-state index in [9.17, 15) is 19.6 Å². The number of carbonyl (C=O) groups is 2. The molecule has 0 aliphatic carbocycles. The molecular formula is C22H19N7O5. The van der Waals surface area contributed by atoms with Crippen LogP contribution < -0.4 is 19.9 Å². The fourth-order valence-electron chi connectivity index (χ4n) is 3.83. The molecule has 0 saturated heterocycles. The molecule has 0 aliphatic rings. The Morgan fingerprint density at radius 3 is 2.38 bits per heavy atom. The zero-order valence-electron chi connectivity index (χ0n) is 19.0. The molecule has 2 amide bonds. The number of aromatic amines is 1. The first-order valence-corrected chi connectivity index (χ1v) is 9.98. The Hall–Kier alpha value is -4.79. The zero-order valence-corrected chi connectivity index (χ0v) is 19.0. The summed E-state index contributed by atoms with van der Waals surface area (Å²) in [5.41, 5.74) is -0.202. The van der Waals surface area contributed by atoms with Crippen molar-refractivity contribution in [1.82, 2.24) is 24.6 Å². The highest BCUT2D eigenvalue weighted by Crippen LogP contribution is 2.38. The van der Waals surface area contributed by atoms with Crippen LogP contribution in [-0.2, 0) is 9.59 Å². The molecule has 0 radical (unpaired) electrons. The van der Waals surface area contributed by atoms with Gasteiger partial charge in [-0.25, -0.2) is 19.4 Å². The summed E-state index contributed by atoms with van der Waals surface area (Å²) >= 11 is 0. The third-order valence-corrected chi connectivity index (χ3v) is 5.27. The Balaban J connectivity index is 2.26. The summed E-state index contributed by atoms with van der Waals surface area (Å²) in [5.74, 6) is -0.279. The van der Waals surface area contributed by atoms with Crippen LogP contribution in [0.2, 0.25) is 0 Å².